The van der Waals surface area contributed by atoms with Gasteiger partial charge in [-0.05, 0) is 25.0 Å². The second-order valence-electron chi connectivity index (χ2n) is 4.88. The van der Waals surface area contributed by atoms with Crippen LogP contribution in [-0.4, -0.2) is 46.1 Å². The Morgan fingerprint density at radius 1 is 1.25 bits per heavy atom. The minimum Gasteiger partial charge on any atom is -0.493 e. The lowest BCUT2D eigenvalue weighted by molar-refractivity contribution is 0.353. The fourth-order valence-electron chi connectivity index (χ4n) is 2.35. The largest absolute Gasteiger partial charge is 0.493 e. The number of aryl methyl sites for hydroxylation is 1. The molecule has 0 bridgehead atoms. The van der Waals surface area contributed by atoms with Crippen LogP contribution < -0.4 is 15.2 Å². The molecule has 1 aromatic carbocycles. The van der Waals surface area contributed by atoms with Crippen molar-refractivity contribution in [3.8, 4) is 11.5 Å². The van der Waals surface area contributed by atoms with Crippen molar-refractivity contribution in [2.45, 2.75) is 24.3 Å². The molecular formula is C13H20N2O4S. The molecule has 6 nitrogen and oxygen atoms in total. The Hall–Kier alpha value is -1.31. The number of ether oxygens (including phenoxy) is 2. The van der Waals surface area contributed by atoms with Crippen molar-refractivity contribution in [3.05, 3.63) is 17.7 Å². The Labute approximate surface area is 119 Å². The summed E-state index contributed by atoms with van der Waals surface area (Å²) in [6, 6.07) is 3.08. The smallest absolute Gasteiger partial charge is 0.243 e. The van der Waals surface area contributed by atoms with Gasteiger partial charge < -0.3 is 15.2 Å². The van der Waals surface area contributed by atoms with Gasteiger partial charge in [-0.15, -0.1) is 0 Å². The molecule has 0 radical (unpaired) electrons. The van der Waals surface area contributed by atoms with E-state index >= 15 is 0 Å². The van der Waals surface area contributed by atoms with E-state index in [2.05, 4.69) is 0 Å². The van der Waals surface area contributed by atoms with Gasteiger partial charge in [-0.25, -0.2) is 8.42 Å². The van der Waals surface area contributed by atoms with Crippen LogP contribution in [0.2, 0.25) is 0 Å². The first-order valence-corrected chi connectivity index (χ1v) is 7.82. The van der Waals surface area contributed by atoms with E-state index in [1.54, 1.807) is 13.0 Å². The third-order valence-electron chi connectivity index (χ3n) is 3.49. The number of rotatable bonds is 4. The van der Waals surface area contributed by atoms with Gasteiger partial charge in [0.25, 0.3) is 0 Å². The Kier molecular flexibility index (Phi) is 4.22. The zero-order valence-corrected chi connectivity index (χ0v) is 12.7. The highest BCUT2D eigenvalue weighted by molar-refractivity contribution is 7.89. The zero-order valence-electron chi connectivity index (χ0n) is 11.9. The number of hydrogen-bond donors (Lipinski definition) is 1. The SMILES string of the molecule is COc1cc(C)c(S(=O)(=O)N2CC[C@@H](N)C2)cc1OC. The summed E-state index contributed by atoms with van der Waals surface area (Å²) in [5.74, 6) is 0.919. The topological polar surface area (TPSA) is 81.9 Å². The minimum absolute atomic E-state index is 0.0924. The molecule has 0 aromatic heterocycles. The molecule has 0 spiro atoms. The molecule has 0 saturated carbocycles. The predicted octanol–water partition coefficient (Wildman–Crippen LogP) is 0.734. The van der Waals surface area contributed by atoms with Crippen molar-refractivity contribution >= 4 is 10.0 Å². The van der Waals surface area contributed by atoms with E-state index < -0.39 is 10.0 Å². The van der Waals surface area contributed by atoms with Crippen LogP contribution in [0.25, 0.3) is 0 Å². The third kappa shape index (κ3) is 2.61. The Bertz CT molecular complexity index is 601. The monoisotopic (exact) mass is 300 g/mol. The van der Waals surface area contributed by atoms with Crippen molar-refractivity contribution in [2.24, 2.45) is 5.73 Å². The molecule has 1 aliphatic heterocycles. The van der Waals surface area contributed by atoms with Crippen LogP contribution in [0.3, 0.4) is 0 Å². The van der Waals surface area contributed by atoms with E-state index in [9.17, 15) is 8.42 Å². The Balaban J connectivity index is 2.46. The Morgan fingerprint density at radius 3 is 2.35 bits per heavy atom. The van der Waals surface area contributed by atoms with E-state index in [4.69, 9.17) is 15.2 Å². The maximum absolute atomic E-state index is 12.6. The summed E-state index contributed by atoms with van der Waals surface area (Å²) in [4.78, 5) is 0.240. The summed E-state index contributed by atoms with van der Waals surface area (Å²) in [6.07, 6.45) is 0.686. The lowest BCUT2D eigenvalue weighted by Gasteiger charge is -2.19. The van der Waals surface area contributed by atoms with Crippen LogP contribution in [0.1, 0.15) is 12.0 Å². The molecule has 2 N–H and O–H groups in total. The fraction of sp³-hybridized carbons (Fsp3) is 0.538. The first kappa shape index (κ1) is 15.1. The number of benzene rings is 1. The predicted molar refractivity (Wildman–Crippen MR) is 75.6 cm³/mol. The molecule has 2 rings (SSSR count). The summed E-state index contributed by atoms with van der Waals surface area (Å²) in [6.45, 7) is 2.55. The van der Waals surface area contributed by atoms with E-state index in [0.29, 0.717) is 36.6 Å². The number of hydrogen-bond acceptors (Lipinski definition) is 5. The van der Waals surface area contributed by atoms with Crippen LogP contribution in [-0.2, 0) is 10.0 Å². The standard InChI is InChI=1S/C13H20N2O4S/c1-9-6-11(18-2)12(19-3)7-13(9)20(16,17)15-5-4-10(14)8-15/h6-7,10H,4-5,8,14H2,1-3H3/t10-/m1/s1. The van der Waals surface area contributed by atoms with Crippen LogP contribution >= 0.6 is 0 Å². The second-order valence-corrected chi connectivity index (χ2v) is 6.79. The van der Waals surface area contributed by atoms with Gasteiger partial charge in [0.2, 0.25) is 10.0 Å². The summed E-state index contributed by atoms with van der Waals surface area (Å²) in [7, 11) is -0.542. The van der Waals surface area contributed by atoms with Crippen molar-refractivity contribution in [1.29, 1.82) is 0 Å². The van der Waals surface area contributed by atoms with Gasteiger partial charge in [-0.2, -0.15) is 4.31 Å². The van der Waals surface area contributed by atoms with Crippen molar-refractivity contribution < 1.29 is 17.9 Å². The first-order chi connectivity index (χ1) is 9.40. The van der Waals surface area contributed by atoms with Crippen LogP contribution in [0.5, 0.6) is 11.5 Å². The number of nitrogens with zero attached hydrogens (tertiary/aromatic N) is 1. The average molecular weight is 300 g/mol. The van der Waals surface area contributed by atoms with Crippen molar-refractivity contribution in [3.63, 3.8) is 0 Å². The van der Waals surface area contributed by atoms with Gasteiger partial charge >= 0.3 is 0 Å². The maximum atomic E-state index is 12.6. The lowest BCUT2D eigenvalue weighted by atomic mass is 10.2. The maximum Gasteiger partial charge on any atom is 0.243 e. The molecule has 1 heterocycles. The van der Waals surface area contributed by atoms with Crippen molar-refractivity contribution in [2.75, 3.05) is 27.3 Å². The highest BCUT2D eigenvalue weighted by atomic mass is 32.2. The summed E-state index contributed by atoms with van der Waals surface area (Å²) < 4.78 is 37.1. The van der Waals surface area contributed by atoms with Crippen LogP contribution in [0.15, 0.2) is 17.0 Å². The molecule has 1 aliphatic rings. The third-order valence-corrected chi connectivity index (χ3v) is 5.49. The molecule has 20 heavy (non-hydrogen) atoms. The quantitative estimate of drug-likeness (QED) is 0.886. The van der Waals surface area contributed by atoms with Gasteiger partial charge in [0, 0.05) is 25.2 Å². The molecule has 1 aromatic rings. The average Bonchev–Trinajstić information content (AvgIpc) is 2.85. The van der Waals surface area contributed by atoms with Gasteiger partial charge in [-0.1, -0.05) is 0 Å². The molecule has 1 saturated heterocycles. The van der Waals surface area contributed by atoms with Crippen LogP contribution in [0, 0.1) is 6.92 Å². The van der Waals surface area contributed by atoms with Gasteiger partial charge in [-0.3, -0.25) is 0 Å². The molecule has 112 valence electrons. The van der Waals surface area contributed by atoms with E-state index in [0.717, 1.165) is 0 Å². The molecule has 0 amide bonds. The minimum atomic E-state index is -3.54. The number of methoxy groups -OCH3 is 2. The zero-order chi connectivity index (χ0) is 14.9. The number of nitrogens with two attached hydrogens (primary N) is 1. The lowest BCUT2D eigenvalue weighted by Crippen LogP contribution is -2.32. The van der Waals surface area contributed by atoms with E-state index in [1.807, 2.05) is 0 Å². The molecule has 1 fully saturated rings. The van der Waals surface area contributed by atoms with E-state index in [1.165, 1.54) is 24.6 Å². The number of sulfonamides is 1. The van der Waals surface area contributed by atoms with Crippen molar-refractivity contribution in [1.82, 2.24) is 4.31 Å². The Morgan fingerprint density at radius 2 is 1.85 bits per heavy atom. The molecule has 0 unspecified atom stereocenters. The highest BCUT2D eigenvalue weighted by Gasteiger charge is 2.32. The molecule has 0 aliphatic carbocycles. The summed E-state index contributed by atoms with van der Waals surface area (Å²) in [5.41, 5.74) is 6.42. The summed E-state index contributed by atoms with van der Waals surface area (Å²) in [5, 5.41) is 0. The first-order valence-electron chi connectivity index (χ1n) is 6.38. The van der Waals surface area contributed by atoms with E-state index in [-0.39, 0.29) is 10.9 Å². The molecular weight excluding hydrogens is 280 g/mol. The van der Waals surface area contributed by atoms with Gasteiger partial charge in [0.05, 0.1) is 19.1 Å². The normalized spacial score (nSPS) is 20.1. The van der Waals surface area contributed by atoms with Gasteiger partial charge in [0.15, 0.2) is 11.5 Å². The highest BCUT2D eigenvalue weighted by Crippen LogP contribution is 2.34. The molecule has 1 atom stereocenters. The summed E-state index contributed by atoms with van der Waals surface area (Å²) >= 11 is 0. The fourth-order valence-corrected chi connectivity index (χ4v) is 4.08. The van der Waals surface area contributed by atoms with Crippen LogP contribution in [0.4, 0.5) is 0 Å². The second kappa shape index (κ2) is 5.59. The van der Waals surface area contributed by atoms with Gasteiger partial charge in [0.1, 0.15) is 0 Å². The molecule has 7 heteroatoms.